The van der Waals surface area contributed by atoms with Gasteiger partial charge in [0.1, 0.15) is 6.10 Å². The van der Waals surface area contributed by atoms with Gasteiger partial charge in [-0.2, -0.15) is 0 Å². The number of nitrogens with one attached hydrogen (secondary N) is 1. The van der Waals surface area contributed by atoms with E-state index in [9.17, 15) is 4.79 Å². The number of hydrogen-bond acceptors (Lipinski definition) is 3. The van der Waals surface area contributed by atoms with Crippen LogP contribution in [0.4, 0.5) is 0 Å². The molecule has 110 valence electrons. The van der Waals surface area contributed by atoms with Gasteiger partial charge >= 0.3 is 5.97 Å². The van der Waals surface area contributed by atoms with Gasteiger partial charge < -0.3 is 10.1 Å². The number of carbonyl (C=O) groups is 1. The van der Waals surface area contributed by atoms with E-state index in [2.05, 4.69) is 17.4 Å². The highest BCUT2D eigenvalue weighted by molar-refractivity contribution is 5.75. The predicted molar refractivity (Wildman–Crippen MR) is 80.3 cm³/mol. The van der Waals surface area contributed by atoms with Crippen LogP contribution in [-0.2, 0) is 9.53 Å². The second kappa shape index (κ2) is 6.40. The molecule has 0 radical (unpaired) electrons. The Kier molecular flexibility index (Phi) is 4.81. The fraction of sp³-hybridized carbons (Fsp3) is 0.588. The molecule has 0 saturated carbocycles. The maximum absolute atomic E-state index is 12.3. The summed E-state index contributed by atoms with van der Waals surface area (Å²) in [5.74, 6) is 0.287. The third-order valence-electron chi connectivity index (χ3n) is 3.79. The summed E-state index contributed by atoms with van der Waals surface area (Å²) in [7, 11) is 0. The second-order valence-corrected chi connectivity index (χ2v) is 6.57. The Hall–Kier alpha value is -1.35. The van der Waals surface area contributed by atoms with Gasteiger partial charge in [0.05, 0.1) is 5.41 Å². The summed E-state index contributed by atoms with van der Waals surface area (Å²) in [5.41, 5.74) is 0.650. The van der Waals surface area contributed by atoms with Crippen LogP contribution in [0.2, 0.25) is 0 Å². The van der Waals surface area contributed by atoms with Crippen molar-refractivity contribution < 1.29 is 9.53 Å². The van der Waals surface area contributed by atoms with Gasteiger partial charge in [-0.1, -0.05) is 30.3 Å². The molecule has 0 spiro atoms. The van der Waals surface area contributed by atoms with Gasteiger partial charge in [0.15, 0.2) is 0 Å². The van der Waals surface area contributed by atoms with Gasteiger partial charge in [0.2, 0.25) is 0 Å². The minimum Gasteiger partial charge on any atom is -0.457 e. The van der Waals surface area contributed by atoms with E-state index in [1.165, 1.54) is 0 Å². The number of piperidine rings is 1. The van der Waals surface area contributed by atoms with Gasteiger partial charge in [-0.25, -0.2) is 0 Å². The summed E-state index contributed by atoms with van der Waals surface area (Å²) in [4.78, 5) is 12.3. The highest BCUT2D eigenvalue weighted by Crippen LogP contribution is 2.34. The average Bonchev–Trinajstić information content (AvgIpc) is 2.45. The summed E-state index contributed by atoms with van der Waals surface area (Å²) >= 11 is 0. The van der Waals surface area contributed by atoms with E-state index in [4.69, 9.17) is 4.74 Å². The van der Waals surface area contributed by atoms with Crippen molar-refractivity contribution in [3.63, 3.8) is 0 Å². The first-order valence-corrected chi connectivity index (χ1v) is 7.45. The summed E-state index contributed by atoms with van der Waals surface area (Å²) in [6, 6.07) is 10.1. The molecule has 3 nitrogen and oxygen atoms in total. The van der Waals surface area contributed by atoms with E-state index in [1.807, 2.05) is 39.0 Å². The van der Waals surface area contributed by atoms with Crippen LogP contribution >= 0.6 is 0 Å². The van der Waals surface area contributed by atoms with Crippen molar-refractivity contribution in [1.82, 2.24) is 5.32 Å². The van der Waals surface area contributed by atoms with Crippen molar-refractivity contribution in [2.75, 3.05) is 13.1 Å². The molecule has 0 bridgehead atoms. The van der Waals surface area contributed by atoms with Crippen molar-refractivity contribution in [2.24, 2.45) is 11.3 Å². The molecule has 1 heterocycles. The smallest absolute Gasteiger partial charge is 0.311 e. The van der Waals surface area contributed by atoms with Gasteiger partial charge in [0, 0.05) is 5.92 Å². The lowest BCUT2D eigenvalue weighted by molar-refractivity contribution is -0.162. The highest BCUT2D eigenvalue weighted by atomic mass is 16.5. The van der Waals surface area contributed by atoms with Crippen LogP contribution in [0, 0.1) is 11.3 Å². The summed E-state index contributed by atoms with van der Waals surface area (Å²) < 4.78 is 5.87. The molecule has 20 heavy (non-hydrogen) atoms. The molecular formula is C17H25NO2. The quantitative estimate of drug-likeness (QED) is 0.860. The second-order valence-electron chi connectivity index (χ2n) is 6.57. The topological polar surface area (TPSA) is 38.3 Å². The van der Waals surface area contributed by atoms with Gasteiger partial charge in [0.25, 0.3) is 0 Å². The van der Waals surface area contributed by atoms with Crippen LogP contribution in [0.15, 0.2) is 30.3 Å². The molecule has 1 aromatic rings. The molecule has 1 aromatic carbocycles. The summed E-state index contributed by atoms with van der Waals surface area (Å²) in [5, 5.41) is 3.36. The average molecular weight is 275 g/mol. The lowest BCUT2D eigenvalue weighted by Gasteiger charge is -2.32. The minimum absolute atomic E-state index is 0.120. The van der Waals surface area contributed by atoms with Crippen LogP contribution < -0.4 is 5.32 Å². The monoisotopic (exact) mass is 275 g/mol. The molecule has 3 heteroatoms. The van der Waals surface area contributed by atoms with Crippen LogP contribution in [-0.4, -0.2) is 19.1 Å². The maximum atomic E-state index is 12.3. The third kappa shape index (κ3) is 3.83. The van der Waals surface area contributed by atoms with Gasteiger partial charge in [-0.05, 0) is 52.3 Å². The number of ether oxygens (including phenoxy) is 1. The first-order chi connectivity index (χ1) is 9.48. The molecule has 1 atom stereocenters. The van der Waals surface area contributed by atoms with Crippen molar-refractivity contribution >= 4 is 5.97 Å². The fourth-order valence-corrected chi connectivity index (χ4v) is 2.52. The van der Waals surface area contributed by atoms with Crippen LogP contribution in [0.1, 0.15) is 45.3 Å². The predicted octanol–water partition coefficient (Wildman–Crippen LogP) is 3.32. The molecule has 1 fully saturated rings. The zero-order valence-electron chi connectivity index (χ0n) is 12.7. The molecule has 0 aliphatic carbocycles. The Morgan fingerprint density at radius 1 is 1.20 bits per heavy atom. The van der Waals surface area contributed by atoms with E-state index in [0.29, 0.717) is 5.92 Å². The number of hydrogen-bond donors (Lipinski definition) is 1. The lowest BCUT2D eigenvalue weighted by Crippen LogP contribution is -2.34. The van der Waals surface area contributed by atoms with Crippen molar-refractivity contribution in [3.8, 4) is 0 Å². The molecule has 2 rings (SSSR count). The largest absolute Gasteiger partial charge is 0.457 e. The zero-order chi connectivity index (χ0) is 14.6. The Morgan fingerprint density at radius 2 is 1.80 bits per heavy atom. The molecule has 0 amide bonds. The van der Waals surface area contributed by atoms with Gasteiger partial charge in [-0.15, -0.1) is 0 Å². The first-order valence-electron chi connectivity index (χ1n) is 7.45. The maximum Gasteiger partial charge on any atom is 0.311 e. The SMILES string of the molecule is CC(C)(C)C(=O)OC(c1ccccc1)C1CCNCC1. The lowest BCUT2D eigenvalue weighted by atomic mass is 9.87. The van der Waals surface area contributed by atoms with E-state index >= 15 is 0 Å². The van der Waals surface area contributed by atoms with Crippen molar-refractivity contribution in [2.45, 2.75) is 39.7 Å². The number of carbonyl (C=O) groups excluding carboxylic acids is 1. The molecule has 1 N–H and O–H groups in total. The molecule has 1 aliphatic heterocycles. The molecule has 1 unspecified atom stereocenters. The Balaban J connectivity index is 2.18. The van der Waals surface area contributed by atoms with Crippen LogP contribution in [0.3, 0.4) is 0 Å². The van der Waals surface area contributed by atoms with Crippen LogP contribution in [0.25, 0.3) is 0 Å². The number of benzene rings is 1. The Morgan fingerprint density at radius 3 is 2.35 bits per heavy atom. The molecule has 0 aromatic heterocycles. The summed E-state index contributed by atoms with van der Waals surface area (Å²) in [6.45, 7) is 7.71. The molecule has 1 aliphatic rings. The van der Waals surface area contributed by atoms with Crippen molar-refractivity contribution in [3.05, 3.63) is 35.9 Å². The highest BCUT2D eigenvalue weighted by Gasteiger charge is 2.32. The van der Waals surface area contributed by atoms with E-state index in [-0.39, 0.29) is 12.1 Å². The molecular weight excluding hydrogens is 250 g/mol. The normalized spacial score (nSPS) is 18.6. The van der Waals surface area contributed by atoms with Gasteiger partial charge in [-0.3, -0.25) is 4.79 Å². The Labute approximate surface area is 121 Å². The zero-order valence-corrected chi connectivity index (χ0v) is 12.7. The molecule has 1 saturated heterocycles. The van der Waals surface area contributed by atoms with E-state index in [1.54, 1.807) is 0 Å². The van der Waals surface area contributed by atoms with Crippen molar-refractivity contribution in [1.29, 1.82) is 0 Å². The number of rotatable bonds is 3. The minimum atomic E-state index is -0.458. The standard InChI is InChI=1S/C17H25NO2/c1-17(2,3)16(19)20-15(13-7-5-4-6-8-13)14-9-11-18-12-10-14/h4-8,14-15,18H,9-12H2,1-3H3. The van der Waals surface area contributed by atoms with Crippen LogP contribution in [0.5, 0.6) is 0 Å². The Bertz CT molecular complexity index is 430. The first kappa shape index (κ1) is 15.0. The fourth-order valence-electron chi connectivity index (χ4n) is 2.52. The van der Waals surface area contributed by atoms with E-state index in [0.717, 1.165) is 31.5 Å². The number of esters is 1. The summed E-state index contributed by atoms with van der Waals surface area (Å²) in [6.07, 6.45) is 1.98. The van der Waals surface area contributed by atoms with E-state index < -0.39 is 5.41 Å². The third-order valence-corrected chi connectivity index (χ3v) is 3.79.